The molecule has 3 atom stereocenters. The minimum absolute atomic E-state index is 0.647. The molecule has 0 aliphatic heterocycles. The molecule has 1 aliphatic carbocycles. The molecule has 0 saturated heterocycles. The van der Waals surface area contributed by atoms with Gasteiger partial charge in [0.2, 0.25) is 0 Å². The Balaban J connectivity index is 1.57. The van der Waals surface area contributed by atoms with Crippen LogP contribution in [0.3, 0.4) is 0 Å². The molecule has 36 heavy (non-hydrogen) atoms. The van der Waals surface area contributed by atoms with Crippen molar-refractivity contribution in [2.75, 3.05) is 0 Å². The van der Waals surface area contributed by atoms with Crippen LogP contribution in [0.5, 0.6) is 5.75 Å². The molecule has 0 heterocycles. The van der Waals surface area contributed by atoms with Crippen molar-refractivity contribution in [3.63, 3.8) is 0 Å². The van der Waals surface area contributed by atoms with E-state index >= 15 is 0 Å². The first-order valence-corrected chi connectivity index (χ1v) is 19.0. The monoisotopic (exact) mass is 582 g/mol. The summed E-state index contributed by atoms with van der Waals surface area (Å²) < 4.78 is 11.3. The van der Waals surface area contributed by atoms with E-state index in [4.69, 9.17) is 3.07 Å². The standard InChI is InChI=1S/C16H24O.3C6H5.Sn/c1-11(2)15-9-4-12(3)10-16(15)13-5-7-14(17)8-6-13;3*1-2-4-6-5-3-1;/h5-8,11-12,15-17H,4,9-10H2,1-3H3;3*1-5H;/q;;;;+1/p-1. The summed E-state index contributed by atoms with van der Waals surface area (Å²) in [7, 11) is 0. The Labute approximate surface area is 222 Å². The predicted octanol–water partition coefficient (Wildman–Crippen LogP) is 6.91. The van der Waals surface area contributed by atoms with E-state index in [0.717, 1.165) is 23.5 Å². The van der Waals surface area contributed by atoms with E-state index in [-0.39, 0.29) is 0 Å². The van der Waals surface area contributed by atoms with Crippen LogP contribution < -0.4 is 13.8 Å². The summed E-state index contributed by atoms with van der Waals surface area (Å²) in [5.74, 6) is 3.92. The van der Waals surface area contributed by atoms with E-state index in [0.29, 0.717) is 5.92 Å². The summed E-state index contributed by atoms with van der Waals surface area (Å²) in [6.07, 6.45) is 4.00. The van der Waals surface area contributed by atoms with Crippen molar-refractivity contribution < 1.29 is 3.07 Å². The van der Waals surface area contributed by atoms with Crippen LogP contribution in [0.2, 0.25) is 0 Å². The maximum absolute atomic E-state index is 7.31. The summed E-state index contributed by atoms with van der Waals surface area (Å²) in [6, 6.07) is 42.0. The van der Waals surface area contributed by atoms with Gasteiger partial charge in [0.05, 0.1) is 0 Å². The maximum atomic E-state index is 7.31. The fraction of sp³-hybridized carbons (Fsp3) is 0.294. The van der Waals surface area contributed by atoms with Gasteiger partial charge < -0.3 is 0 Å². The van der Waals surface area contributed by atoms with Crippen LogP contribution in [-0.4, -0.2) is 18.8 Å². The summed E-state index contributed by atoms with van der Waals surface area (Å²) in [5.41, 5.74) is 1.48. The molecule has 1 saturated carbocycles. The predicted molar refractivity (Wildman–Crippen MR) is 155 cm³/mol. The van der Waals surface area contributed by atoms with Gasteiger partial charge in [-0.3, -0.25) is 0 Å². The molecule has 3 unspecified atom stereocenters. The molecule has 0 amide bonds. The molecule has 0 spiro atoms. The van der Waals surface area contributed by atoms with Crippen molar-refractivity contribution in [2.45, 2.75) is 46.0 Å². The van der Waals surface area contributed by atoms with Gasteiger partial charge in [0.15, 0.2) is 0 Å². The third-order valence-electron chi connectivity index (χ3n) is 8.14. The molecule has 0 aromatic heterocycles. The van der Waals surface area contributed by atoms with E-state index in [1.165, 1.54) is 35.6 Å². The second-order valence-corrected chi connectivity index (χ2v) is 20.3. The number of hydrogen-bond acceptors (Lipinski definition) is 1. The van der Waals surface area contributed by atoms with Crippen LogP contribution in [0.4, 0.5) is 0 Å². The van der Waals surface area contributed by atoms with Crippen molar-refractivity contribution in [3.05, 3.63) is 121 Å². The summed E-state index contributed by atoms with van der Waals surface area (Å²) in [4.78, 5) is 0. The number of hydrogen-bond donors (Lipinski definition) is 0. The first kappa shape index (κ1) is 25.1. The zero-order chi connectivity index (χ0) is 25.0. The Morgan fingerprint density at radius 2 is 1.11 bits per heavy atom. The van der Waals surface area contributed by atoms with Gasteiger partial charge in [0.25, 0.3) is 0 Å². The van der Waals surface area contributed by atoms with E-state index in [9.17, 15) is 0 Å². The molecule has 1 nitrogen and oxygen atoms in total. The Bertz CT molecular complexity index is 1120. The molecule has 2 heteroatoms. The van der Waals surface area contributed by atoms with Gasteiger partial charge in [-0.2, -0.15) is 0 Å². The zero-order valence-corrected chi connectivity index (χ0v) is 24.7. The number of benzene rings is 4. The first-order valence-electron chi connectivity index (χ1n) is 13.5. The molecule has 0 bridgehead atoms. The Morgan fingerprint density at radius 1 is 0.639 bits per heavy atom. The fourth-order valence-electron chi connectivity index (χ4n) is 6.24. The van der Waals surface area contributed by atoms with E-state index in [2.05, 4.69) is 136 Å². The molecule has 4 aromatic carbocycles. The minimum atomic E-state index is -3.80. The van der Waals surface area contributed by atoms with Gasteiger partial charge in [0.1, 0.15) is 0 Å². The summed E-state index contributed by atoms with van der Waals surface area (Å²) in [5, 5.41) is 0. The fourth-order valence-corrected chi connectivity index (χ4v) is 17.2. The van der Waals surface area contributed by atoms with Crippen LogP contribution in [0.1, 0.15) is 51.5 Å². The van der Waals surface area contributed by atoms with Crippen molar-refractivity contribution in [1.82, 2.24) is 0 Å². The van der Waals surface area contributed by atoms with Crippen LogP contribution in [0.25, 0.3) is 0 Å². The van der Waals surface area contributed by atoms with Crippen molar-refractivity contribution >= 4 is 29.5 Å². The van der Waals surface area contributed by atoms with E-state index in [1.807, 2.05) is 0 Å². The Morgan fingerprint density at radius 3 is 1.56 bits per heavy atom. The normalized spacial score (nSPS) is 20.3. The molecular weight excluding hydrogens is 543 g/mol. The Hall–Kier alpha value is -2.52. The average molecular weight is 581 g/mol. The van der Waals surface area contributed by atoms with Gasteiger partial charge in [-0.1, -0.05) is 0 Å². The van der Waals surface area contributed by atoms with Crippen molar-refractivity contribution in [2.24, 2.45) is 17.8 Å². The molecule has 5 rings (SSSR count). The molecule has 1 aliphatic rings. The topological polar surface area (TPSA) is 9.23 Å². The third kappa shape index (κ3) is 5.13. The third-order valence-corrected chi connectivity index (χ3v) is 19.5. The molecule has 4 aromatic rings. The van der Waals surface area contributed by atoms with Crippen molar-refractivity contribution in [1.29, 1.82) is 0 Å². The molecule has 184 valence electrons. The quantitative estimate of drug-likeness (QED) is 0.216. The first-order chi connectivity index (χ1) is 17.6. The van der Waals surface area contributed by atoms with Gasteiger partial charge >= 0.3 is 223 Å². The van der Waals surface area contributed by atoms with Crippen molar-refractivity contribution in [3.8, 4) is 5.75 Å². The number of rotatable bonds is 7. The SMILES string of the molecule is CC1CCC(C(C)C)C(c2ccc([O][Sn]([c]3ccccc3)([c]3ccccc3)[c]3ccccc3)cc2)C1. The molecular formula is C34H38OSn. The van der Waals surface area contributed by atoms with Gasteiger partial charge in [0, 0.05) is 0 Å². The Kier molecular flexibility index (Phi) is 7.86. The van der Waals surface area contributed by atoms with Crippen LogP contribution in [-0.2, 0) is 0 Å². The van der Waals surface area contributed by atoms with Crippen LogP contribution in [0, 0.1) is 17.8 Å². The molecule has 0 N–H and O–H groups in total. The van der Waals surface area contributed by atoms with E-state index < -0.39 is 18.8 Å². The van der Waals surface area contributed by atoms with Gasteiger partial charge in [-0.05, 0) is 0 Å². The van der Waals surface area contributed by atoms with Crippen LogP contribution in [0.15, 0.2) is 115 Å². The van der Waals surface area contributed by atoms with Gasteiger partial charge in [-0.15, -0.1) is 0 Å². The second kappa shape index (κ2) is 11.3. The summed E-state index contributed by atoms with van der Waals surface area (Å²) in [6.45, 7) is 7.21. The van der Waals surface area contributed by atoms with Gasteiger partial charge in [-0.25, -0.2) is 0 Å². The molecule has 1 fully saturated rings. The zero-order valence-electron chi connectivity index (χ0n) is 21.8. The average Bonchev–Trinajstić information content (AvgIpc) is 2.93. The van der Waals surface area contributed by atoms with E-state index in [1.54, 1.807) is 0 Å². The summed E-state index contributed by atoms with van der Waals surface area (Å²) >= 11 is -3.80. The molecule has 0 radical (unpaired) electrons. The second-order valence-electron chi connectivity index (χ2n) is 10.9. The van der Waals surface area contributed by atoms with Crippen LogP contribution >= 0.6 is 0 Å².